The Morgan fingerprint density at radius 1 is 1.42 bits per heavy atom. The molecule has 0 radical (unpaired) electrons. The van der Waals surface area contributed by atoms with E-state index in [1.165, 1.54) is 0 Å². The van der Waals surface area contributed by atoms with Gasteiger partial charge in [-0.2, -0.15) is 0 Å². The molecule has 13 heteroatoms. The Morgan fingerprint density at radius 3 is 2.73 bits per heavy atom. The molecule has 1 aliphatic rings. The monoisotopic (exact) mass is 477 g/mol. The van der Waals surface area contributed by atoms with Gasteiger partial charge in [-0.15, -0.1) is 11.3 Å². The third-order valence-corrected chi connectivity index (χ3v) is 4.89. The number of carbonyl (C=O) groups is 2. The molecule has 0 spiro atoms. The van der Waals surface area contributed by atoms with Crippen molar-refractivity contribution in [2.24, 2.45) is 10.9 Å². The number of β-lactam (4-membered cyclic amide) rings is 1. The van der Waals surface area contributed by atoms with Gasteiger partial charge in [0.2, 0.25) is 5.91 Å². The molecule has 12 nitrogen and oxygen atoms in total. The van der Waals surface area contributed by atoms with Crippen LogP contribution in [-0.4, -0.2) is 59.3 Å². The van der Waals surface area contributed by atoms with Gasteiger partial charge in [-0.05, 0) is 18.2 Å². The van der Waals surface area contributed by atoms with E-state index in [0.29, 0.717) is 23.4 Å². The molecule has 2 aromatic rings. The van der Waals surface area contributed by atoms with Crippen molar-refractivity contribution in [3.63, 3.8) is 0 Å². The highest BCUT2D eigenvalue weighted by molar-refractivity contribution is 7.13. The van der Waals surface area contributed by atoms with E-state index in [9.17, 15) is 14.7 Å². The topological polar surface area (TPSA) is 198 Å². The molecule has 2 heterocycles. The first-order valence-corrected chi connectivity index (χ1v) is 11.0. The number of benzene rings is 1. The van der Waals surface area contributed by atoms with E-state index in [-0.39, 0.29) is 48.1 Å². The maximum absolute atomic E-state index is 12.5. The van der Waals surface area contributed by atoms with Crippen LogP contribution in [-0.2, 0) is 21.0 Å². The number of aliphatic hydroxyl groups is 1. The predicted octanol–water partition coefficient (Wildman–Crippen LogP) is -0.0578. The van der Waals surface area contributed by atoms with E-state index in [1.54, 1.807) is 23.6 Å². The molecule has 178 valence electrons. The highest BCUT2D eigenvalue weighted by Gasteiger charge is 2.31. The SMILES string of the molecule is CC.N=C(N)c1ccc(OCCO/N=C(\C(=O)N[C@H]2CNC2=O)c2csc(N)n2)c(CO)c1. The zero-order chi connectivity index (χ0) is 24.4. The van der Waals surface area contributed by atoms with Gasteiger partial charge in [-0.3, -0.25) is 15.0 Å². The lowest BCUT2D eigenvalue weighted by molar-refractivity contribution is -0.131. The van der Waals surface area contributed by atoms with E-state index in [0.717, 1.165) is 11.3 Å². The molecular formula is C20H27N7O5S. The molecular weight excluding hydrogens is 450 g/mol. The number of aromatic nitrogens is 1. The van der Waals surface area contributed by atoms with E-state index >= 15 is 0 Å². The third kappa shape index (κ3) is 6.89. The van der Waals surface area contributed by atoms with E-state index in [2.05, 4.69) is 20.8 Å². The number of nitrogens with two attached hydrogens (primary N) is 2. The first kappa shape index (κ1) is 25.5. The van der Waals surface area contributed by atoms with Crippen LogP contribution >= 0.6 is 11.3 Å². The van der Waals surface area contributed by atoms with Crippen molar-refractivity contribution in [2.75, 3.05) is 25.5 Å². The van der Waals surface area contributed by atoms with Gasteiger partial charge in [0.15, 0.2) is 17.5 Å². The quantitative estimate of drug-likeness (QED) is 0.0899. The number of nitrogens with one attached hydrogen (secondary N) is 3. The van der Waals surface area contributed by atoms with Gasteiger partial charge in [0.05, 0.1) is 6.61 Å². The minimum absolute atomic E-state index is 0.0142. The fraction of sp³-hybridized carbons (Fsp3) is 0.350. The van der Waals surface area contributed by atoms with Crippen LogP contribution in [0.25, 0.3) is 0 Å². The van der Waals surface area contributed by atoms with Gasteiger partial charge in [0.1, 0.15) is 29.9 Å². The fourth-order valence-electron chi connectivity index (χ4n) is 2.54. The molecule has 0 saturated carbocycles. The molecule has 1 aromatic heterocycles. The zero-order valence-corrected chi connectivity index (χ0v) is 19.1. The number of nitrogens with zero attached hydrogens (tertiary/aromatic N) is 2. The summed E-state index contributed by atoms with van der Waals surface area (Å²) in [5.41, 5.74) is 12.1. The molecule has 3 rings (SSSR count). The summed E-state index contributed by atoms with van der Waals surface area (Å²) in [5, 5.41) is 27.6. The van der Waals surface area contributed by atoms with E-state index in [4.69, 9.17) is 26.5 Å². The Bertz CT molecular complexity index is 1020. The van der Waals surface area contributed by atoms with Crippen molar-refractivity contribution in [2.45, 2.75) is 26.5 Å². The van der Waals surface area contributed by atoms with E-state index in [1.807, 2.05) is 13.8 Å². The molecule has 1 aromatic carbocycles. The number of ether oxygens (including phenoxy) is 1. The van der Waals surface area contributed by atoms with Gasteiger partial charge >= 0.3 is 0 Å². The number of hydrogen-bond donors (Lipinski definition) is 6. The Kier molecular flexibility index (Phi) is 9.57. The molecule has 33 heavy (non-hydrogen) atoms. The third-order valence-electron chi connectivity index (χ3n) is 4.21. The maximum atomic E-state index is 12.5. The second-order valence-corrected chi connectivity index (χ2v) is 7.25. The van der Waals surface area contributed by atoms with Crippen molar-refractivity contribution in [3.05, 3.63) is 40.4 Å². The molecule has 8 N–H and O–H groups in total. The molecule has 1 saturated heterocycles. The molecule has 1 fully saturated rings. The van der Waals surface area contributed by atoms with Gasteiger partial charge in [-0.1, -0.05) is 19.0 Å². The minimum Gasteiger partial charge on any atom is -0.490 e. The molecule has 1 aliphatic heterocycles. The summed E-state index contributed by atoms with van der Waals surface area (Å²) >= 11 is 1.14. The largest absolute Gasteiger partial charge is 0.490 e. The zero-order valence-electron chi connectivity index (χ0n) is 18.3. The van der Waals surface area contributed by atoms with Crippen LogP contribution in [0.2, 0.25) is 0 Å². The van der Waals surface area contributed by atoms with Crippen molar-refractivity contribution >= 4 is 39.8 Å². The normalized spacial score (nSPS) is 14.8. The van der Waals surface area contributed by atoms with Crippen LogP contribution in [0.3, 0.4) is 0 Å². The van der Waals surface area contributed by atoms with Crippen molar-refractivity contribution in [3.8, 4) is 5.75 Å². The smallest absolute Gasteiger partial charge is 0.276 e. The van der Waals surface area contributed by atoms with Crippen molar-refractivity contribution in [1.82, 2.24) is 15.6 Å². The van der Waals surface area contributed by atoms with Crippen LogP contribution < -0.4 is 26.8 Å². The van der Waals surface area contributed by atoms with Gasteiger partial charge < -0.3 is 36.8 Å². The minimum atomic E-state index is -0.633. The lowest BCUT2D eigenvalue weighted by atomic mass is 10.1. The summed E-state index contributed by atoms with van der Waals surface area (Å²) < 4.78 is 5.57. The number of nitrogen functional groups attached to an aromatic ring is 2. The standard InChI is InChI=1S/C18H21N7O5S.C2H6/c19-15(20)9-1-2-13(10(5-9)7-26)29-3-4-30-25-14(12-8-31-18(21)24-12)17(28)23-11-6-22-16(11)27;1-2/h1-2,5,8,11,26H,3-4,6-7H2,(H3,19,20)(H2,21,24)(H,22,27)(H,23,28);1-2H3/b25-14-;/t11-;/m0./s1. The number of carbonyl (C=O) groups excluding carboxylic acids is 2. The van der Waals surface area contributed by atoms with Crippen LogP contribution in [0.5, 0.6) is 5.75 Å². The molecule has 0 unspecified atom stereocenters. The average Bonchev–Trinajstić information content (AvgIpc) is 3.25. The van der Waals surface area contributed by atoms with Crippen LogP contribution in [0.4, 0.5) is 5.13 Å². The predicted molar refractivity (Wildman–Crippen MR) is 124 cm³/mol. The van der Waals surface area contributed by atoms with Crippen LogP contribution in [0, 0.1) is 5.41 Å². The first-order valence-electron chi connectivity index (χ1n) is 10.1. The van der Waals surface area contributed by atoms with Crippen molar-refractivity contribution in [1.29, 1.82) is 5.41 Å². The fourth-order valence-corrected chi connectivity index (χ4v) is 3.09. The summed E-state index contributed by atoms with van der Waals surface area (Å²) in [4.78, 5) is 33.1. The van der Waals surface area contributed by atoms with Crippen LogP contribution in [0.15, 0.2) is 28.7 Å². The van der Waals surface area contributed by atoms with Crippen LogP contribution in [0.1, 0.15) is 30.7 Å². The number of hydrogen-bond acceptors (Lipinski definition) is 10. The highest BCUT2D eigenvalue weighted by atomic mass is 32.1. The Balaban J connectivity index is 0.00000187. The second kappa shape index (κ2) is 12.4. The summed E-state index contributed by atoms with van der Waals surface area (Å²) in [6.07, 6.45) is 0. The lowest BCUT2D eigenvalue weighted by Crippen LogP contribution is -2.62. The average molecular weight is 478 g/mol. The number of thiazole rings is 1. The summed E-state index contributed by atoms with van der Waals surface area (Å²) in [6, 6.07) is 4.11. The van der Waals surface area contributed by atoms with E-state index < -0.39 is 11.9 Å². The van der Waals surface area contributed by atoms with Crippen molar-refractivity contribution < 1.29 is 24.3 Å². The maximum Gasteiger partial charge on any atom is 0.276 e. The van der Waals surface area contributed by atoms with Gasteiger partial charge in [-0.25, -0.2) is 4.98 Å². The lowest BCUT2D eigenvalue weighted by Gasteiger charge is -2.26. The highest BCUT2D eigenvalue weighted by Crippen LogP contribution is 2.20. The molecule has 2 amide bonds. The summed E-state index contributed by atoms with van der Waals surface area (Å²) in [7, 11) is 0. The number of rotatable bonds is 10. The summed E-state index contributed by atoms with van der Waals surface area (Å²) in [5.74, 6) is -0.614. The molecule has 0 bridgehead atoms. The Morgan fingerprint density at radius 2 is 2.18 bits per heavy atom. The number of aliphatic hydroxyl groups excluding tert-OH is 1. The molecule has 1 atom stereocenters. The Hall–Kier alpha value is -3.71. The van der Waals surface area contributed by atoms with Gasteiger partial charge in [0.25, 0.3) is 5.91 Å². The second-order valence-electron chi connectivity index (χ2n) is 6.36. The number of amides is 2. The first-order chi connectivity index (χ1) is 15.9. The summed E-state index contributed by atoms with van der Waals surface area (Å²) in [6.45, 7) is 4.09. The Labute approximate surface area is 194 Å². The number of anilines is 1. The molecule has 0 aliphatic carbocycles. The van der Waals surface area contributed by atoms with Gasteiger partial charge in [0, 0.05) is 23.1 Å². The number of amidine groups is 1. The number of oxime groups is 1.